The van der Waals surface area contributed by atoms with Gasteiger partial charge in [-0.15, -0.1) is 0 Å². The highest BCUT2D eigenvalue weighted by molar-refractivity contribution is 6.02. The van der Waals surface area contributed by atoms with Crippen molar-refractivity contribution in [1.82, 2.24) is 88.9 Å². The summed E-state index contributed by atoms with van der Waals surface area (Å²) >= 11 is 0. The number of carbonyl (C=O) groups is 17. The number of aliphatic hydroxyl groups excluding tert-OH is 2. The summed E-state index contributed by atoms with van der Waals surface area (Å²) in [6, 6.07) is -0.251. The molecule has 0 saturated carbocycles. The highest BCUT2D eigenvalue weighted by atomic mass is 16.4. The van der Waals surface area contributed by atoms with Gasteiger partial charge in [-0.3, -0.25) is 82.1 Å². The minimum Gasteiger partial charge on any atom is -0.508 e. The van der Waals surface area contributed by atoms with E-state index in [4.69, 9.17) is 28.3 Å². The van der Waals surface area contributed by atoms with E-state index in [-0.39, 0.29) is 107 Å². The first-order chi connectivity index (χ1) is 61.1. The summed E-state index contributed by atoms with van der Waals surface area (Å²) in [5.74, 6) is -18.9. The van der Waals surface area contributed by atoms with Crippen molar-refractivity contribution in [1.29, 1.82) is 5.41 Å². The molecule has 2 aliphatic rings. The van der Waals surface area contributed by atoms with Gasteiger partial charge in [-0.1, -0.05) is 104 Å². The summed E-state index contributed by atoms with van der Waals surface area (Å²) in [7, 11) is 0. The fourth-order valence-corrected chi connectivity index (χ4v) is 15.2. The number of nitrogens with two attached hydrogens (primary N) is 4. The summed E-state index contributed by atoms with van der Waals surface area (Å²) in [6.45, 7) is 10.4. The molecule has 0 spiro atoms. The Morgan fingerprint density at radius 2 is 0.915 bits per heavy atom. The molecule has 129 heavy (non-hydrogen) atoms. The van der Waals surface area contributed by atoms with Crippen LogP contribution in [0.1, 0.15) is 143 Å². The number of nitrogens with one attached hydrogen (secondary N) is 16. The number of phenolic OH excluding ortho intramolecular Hbond substituents is 1. The number of aromatic amines is 2. The van der Waals surface area contributed by atoms with E-state index >= 15 is 9.59 Å². The van der Waals surface area contributed by atoms with Crippen molar-refractivity contribution in [2.45, 2.75) is 230 Å². The summed E-state index contributed by atoms with van der Waals surface area (Å²) < 4.78 is 0. The van der Waals surface area contributed by atoms with Crippen molar-refractivity contribution in [3.63, 3.8) is 0 Å². The predicted octanol–water partition coefficient (Wildman–Crippen LogP) is -3.98. The van der Waals surface area contributed by atoms with Crippen LogP contribution in [-0.4, -0.2) is 271 Å². The Bertz CT molecular complexity index is 4820. The zero-order valence-electron chi connectivity index (χ0n) is 73.6. The number of fused-ring (bicyclic) bond motifs is 2. The van der Waals surface area contributed by atoms with Gasteiger partial charge in [-0.25, -0.2) is 4.79 Å². The Kier molecular flexibility index (Phi) is 39.1. The van der Waals surface area contributed by atoms with Crippen LogP contribution < -0.4 is 92.1 Å². The van der Waals surface area contributed by atoms with E-state index in [9.17, 15) is 92.3 Å². The first-order valence-electron chi connectivity index (χ1n) is 43.0. The number of guanidine groups is 1. The van der Waals surface area contributed by atoms with Gasteiger partial charge in [0.1, 0.15) is 84.3 Å². The van der Waals surface area contributed by atoms with Crippen molar-refractivity contribution in [2.75, 3.05) is 39.4 Å². The summed E-state index contributed by atoms with van der Waals surface area (Å²) in [5, 5.41) is 82.4. The van der Waals surface area contributed by atoms with E-state index in [0.29, 0.717) is 44.9 Å². The van der Waals surface area contributed by atoms with Crippen LogP contribution in [0.25, 0.3) is 21.8 Å². The minimum atomic E-state index is -1.87. The number of aliphatic carboxylic acids is 1. The molecule has 14 atom stereocenters. The highest BCUT2D eigenvalue weighted by Gasteiger charge is 2.44. The molecule has 0 radical (unpaired) electrons. The van der Waals surface area contributed by atoms with E-state index < -0.39 is 236 Å². The van der Waals surface area contributed by atoms with Crippen molar-refractivity contribution in [3.8, 4) is 5.75 Å². The topological polar surface area (TPSA) is 693 Å². The molecule has 43 heteroatoms. The quantitative estimate of drug-likeness (QED) is 0.0100. The van der Waals surface area contributed by atoms with Crippen LogP contribution in [-0.2, 0) is 101 Å². The Hall–Kier alpha value is -13.3. The number of hydrogen-bond donors (Lipinski definition) is 24. The number of amides is 16. The number of para-hydroxylation sites is 2. The molecule has 0 unspecified atom stereocenters. The number of aromatic nitrogens is 2. The molecular formula is C86H124N22O21. The molecule has 0 aliphatic carbocycles. The number of nitrogens with zero attached hydrogens (tertiary/aromatic N) is 2. The Balaban J connectivity index is 1.000. The number of H-pyrrole nitrogens is 2. The lowest BCUT2D eigenvalue weighted by molar-refractivity contribution is -0.146. The van der Waals surface area contributed by atoms with Gasteiger partial charge in [0.05, 0.1) is 32.2 Å². The van der Waals surface area contributed by atoms with Gasteiger partial charge in [-0.05, 0) is 129 Å². The number of likely N-dealkylation sites (tertiary alicyclic amines) is 2. The summed E-state index contributed by atoms with van der Waals surface area (Å²) in [6.07, 6.45) is 1.94. The van der Waals surface area contributed by atoms with Crippen LogP contribution in [0, 0.1) is 29.1 Å². The third-order valence-corrected chi connectivity index (χ3v) is 22.0. The summed E-state index contributed by atoms with van der Waals surface area (Å²) in [4.78, 5) is 245. The number of benzene rings is 3. The van der Waals surface area contributed by atoms with Crippen molar-refractivity contribution in [2.24, 2.45) is 46.6 Å². The number of rotatable bonds is 50. The molecule has 704 valence electrons. The zero-order chi connectivity index (χ0) is 95.2. The van der Waals surface area contributed by atoms with Crippen molar-refractivity contribution in [3.05, 3.63) is 102 Å². The zero-order valence-corrected chi connectivity index (χ0v) is 73.6. The molecule has 16 amide bonds. The molecule has 4 heterocycles. The van der Waals surface area contributed by atoms with E-state index in [2.05, 4.69) is 79.1 Å². The highest BCUT2D eigenvalue weighted by Crippen LogP contribution is 2.26. The molecule has 0 bridgehead atoms. The normalized spacial score (nSPS) is 16.6. The smallest absolute Gasteiger partial charge is 0.326 e. The minimum absolute atomic E-state index is 0.00734. The van der Waals surface area contributed by atoms with Crippen LogP contribution in [0.15, 0.2) is 85.2 Å². The van der Waals surface area contributed by atoms with E-state index in [0.717, 1.165) is 4.90 Å². The van der Waals surface area contributed by atoms with E-state index in [1.165, 1.54) is 30.9 Å². The lowest BCUT2D eigenvalue weighted by atomic mass is 9.98. The molecule has 5 aromatic rings. The molecule has 2 saturated heterocycles. The van der Waals surface area contributed by atoms with Crippen LogP contribution in [0.3, 0.4) is 0 Å². The lowest BCUT2D eigenvalue weighted by Crippen LogP contribution is -2.61. The van der Waals surface area contributed by atoms with Gasteiger partial charge in [-0.2, -0.15) is 0 Å². The van der Waals surface area contributed by atoms with Gasteiger partial charge in [0, 0.05) is 73.1 Å². The SMILES string of the molecule is CC(C)C[C@H](NC(=O)[C@@H](N)Cc1ccc(O)cc1)C(=O)N[C@@H](Cc1c[nH]c2ccccc12)C(=O)N[C@@H](Cc1c[nH]c2ccccc12)C(=O)N[C@H](C(=O)N[C@@H](CC(N)=O)C(=O)NCC(=O)N[C@@H](CCC(N)=O)C(=O)N[C@@H](CO)C(=O)N[C@@H](CC(C)C)C(=O)N1CCC[C@H]1C(=O)N[C@H](C(=O)N[C@@H](CO)C(=O)N1CCC[C@H]1C(=O)N[C@@H](CCCNC(=N)N)C(=O)O)C(C)C)C(C)C. The molecule has 7 rings (SSSR count). The average molecular weight is 1800 g/mol. The molecule has 28 N–H and O–H groups in total. The maximum absolute atomic E-state index is 15.2. The fraction of sp³-hybridized carbons (Fsp3) is 0.535. The van der Waals surface area contributed by atoms with E-state index in [1.807, 2.05) is 26.0 Å². The number of primary amides is 2. The number of carboxylic acids is 1. The fourth-order valence-electron chi connectivity index (χ4n) is 15.2. The van der Waals surface area contributed by atoms with Gasteiger partial charge in [0.25, 0.3) is 0 Å². The van der Waals surface area contributed by atoms with E-state index in [1.54, 1.807) is 88.6 Å². The molecule has 2 aromatic heterocycles. The average Bonchev–Trinajstić information content (AvgIpc) is 1.78. The van der Waals surface area contributed by atoms with Crippen LogP contribution in [0.2, 0.25) is 0 Å². The first kappa shape index (κ1) is 103. The molecule has 2 aliphatic heterocycles. The number of phenols is 1. The molecule has 43 nitrogen and oxygen atoms in total. The van der Waals surface area contributed by atoms with Crippen LogP contribution in [0.5, 0.6) is 5.75 Å². The maximum Gasteiger partial charge on any atom is 0.326 e. The number of hydrogen-bond acceptors (Lipinski definition) is 22. The standard InChI is InChI=1S/C86H124N22O21/c1-43(2)32-58(98-72(115)53(87)34-47-23-25-50(111)26-24-47)75(118)99-59(35-48-38-93-54-18-11-9-16-51(48)54)76(119)100-60(36-49-39-94-55-19-12-10-17-52(49)55)77(120)105-70(45(5)6)81(124)101-61(37-68(89)113)73(116)95-40-69(114)96-56(27-28-67(88)112)74(117)103-63(41-109)78(121)102-62(33-44(3)4)83(126)107-30-15-22-66(107)80(123)106-71(46(7)8)82(125)104-64(42-110)84(127)108-31-14-21-65(108)79(122)97-57(85(128)129)20-13-29-92-86(90)91/h9-12,16-19,23-26,38-39,43-46,53,56-66,70-71,93-94,109-111H,13-15,20-22,27-37,40-42,87H2,1-8H3,(H2,88,112)(H2,89,113)(H,95,116)(H,96,114)(H,97,122)(H,98,115)(H,99,118)(H,100,119)(H,101,124)(H,102,121)(H,103,117)(H,104,125)(H,105,120)(H,106,123)(H,128,129)(H4,90,91,92)/t53-,56-,57-,58-,59-,60-,61-,62-,63-,64-,65-,66-,70-,71-/m0/s1. The lowest BCUT2D eigenvalue weighted by Gasteiger charge is -2.32. The third-order valence-electron chi connectivity index (χ3n) is 22.0. The summed E-state index contributed by atoms with van der Waals surface area (Å²) in [5.41, 5.74) is 25.8. The van der Waals surface area contributed by atoms with Crippen LogP contribution in [0.4, 0.5) is 0 Å². The monoisotopic (exact) mass is 1800 g/mol. The van der Waals surface area contributed by atoms with Crippen LogP contribution >= 0.6 is 0 Å². The third kappa shape index (κ3) is 30.7. The second kappa shape index (κ2) is 49.1. The van der Waals surface area contributed by atoms with Crippen molar-refractivity contribution >= 4 is 128 Å². The van der Waals surface area contributed by atoms with Gasteiger partial charge in [0.15, 0.2) is 5.96 Å². The molecular weight excluding hydrogens is 1680 g/mol. The number of aromatic hydroxyl groups is 1. The second-order valence-electron chi connectivity index (χ2n) is 33.9. The number of carboxylic acid groups (broad SMARTS) is 1. The molecule has 2 fully saturated rings. The van der Waals surface area contributed by atoms with Gasteiger partial charge in [0.2, 0.25) is 94.5 Å². The second-order valence-corrected chi connectivity index (χ2v) is 33.9. The Morgan fingerprint density at radius 1 is 0.465 bits per heavy atom. The Labute approximate surface area is 744 Å². The Morgan fingerprint density at radius 3 is 1.42 bits per heavy atom. The molecule has 3 aromatic carbocycles. The first-order valence-corrected chi connectivity index (χ1v) is 43.0. The van der Waals surface area contributed by atoms with Gasteiger partial charge < -0.3 is 132 Å². The largest absolute Gasteiger partial charge is 0.508 e. The number of carbonyl (C=O) groups excluding carboxylic acids is 16. The van der Waals surface area contributed by atoms with Crippen molar-refractivity contribution < 1.29 is 102 Å². The number of aliphatic hydroxyl groups is 2. The maximum atomic E-state index is 15.2. The predicted molar refractivity (Wildman–Crippen MR) is 469 cm³/mol. The van der Waals surface area contributed by atoms with Gasteiger partial charge >= 0.3 is 5.97 Å².